The van der Waals surface area contributed by atoms with Crippen molar-refractivity contribution < 1.29 is 5.11 Å². The molecule has 0 bridgehead atoms. The molecule has 6 heteroatoms. The second-order valence-electron chi connectivity index (χ2n) is 6.41. The van der Waals surface area contributed by atoms with Crippen LogP contribution in [0.3, 0.4) is 0 Å². The molecule has 24 heavy (non-hydrogen) atoms. The van der Waals surface area contributed by atoms with Gasteiger partial charge in [0.15, 0.2) is 17.0 Å². The highest BCUT2D eigenvalue weighted by Crippen LogP contribution is 2.29. The molecular weight excluding hydrogens is 302 g/mol. The fourth-order valence-corrected chi connectivity index (χ4v) is 3.27. The fourth-order valence-electron chi connectivity index (χ4n) is 3.27. The van der Waals surface area contributed by atoms with Gasteiger partial charge >= 0.3 is 0 Å². The highest BCUT2D eigenvalue weighted by Gasteiger charge is 2.30. The zero-order chi connectivity index (χ0) is 16.5. The van der Waals surface area contributed by atoms with Gasteiger partial charge in [-0.1, -0.05) is 30.3 Å². The summed E-state index contributed by atoms with van der Waals surface area (Å²) in [6.07, 6.45) is 3.41. The molecule has 1 aromatic carbocycles. The van der Waals surface area contributed by atoms with E-state index in [1.54, 1.807) is 0 Å². The van der Waals surface area contributed by atoms with Crippen LogP contribution in [0.15, 0.2) is 36.7 Å². The Morgan fingerprint density at radius 1 is 1.21 bits per heavy atom. The summed E-state index contributed by atoms with van der Waals surface area (Å²) in [5, 5.41) is 13.3. The second kappa shape index (κ2) is 6.20. The molecule has 1 aliphatic rings. The van der Waals surface area contributed by atoms with Crippen LogP contribution >= 0.6 is 0 Å². The van der Waals surface area contributed by atoms with Crippen molar-refractivity contribution in [1.82, 2.24) is 19.9 Å². The smallest absolute Gasteiger partial charge is 0.163 e. The molecular formula is C18H20N5O. The minimum atomic E-state index is -0.354. The lowest BCUT2D eigenvalue weighted by Crippen LogP contribution is -2.17. The Kier molecular flexibility index (Phi) is 3.90. The van der Waals surface area contributed by atoms with Gasteiger partial charge in [-0.2, -0.15) is 0 Å². The van der Waals surface area contributed by atoms with E-state index in [9.17, 15) is 5.11 Å². The molecule has 0 spiro atoms. The predicted octanol–water partition coefficient (Wildman–Crippen LogP) is 2.33. The Hall–Kier alpha value is -2.47. The number of aliphatic hydroxyl groups excluding tert-OH is 1. The van der Waals surface area contributed by atoms with Crippen molar-refractivity contribution in [2.75, 3.05) is 5.32 Å². The number of anilines is 1. The molecule has 4 rings (SSSR count). The van der Waals surface area contributed by atoms with Crippen LogP contribution < -0.4 is 5.32 Å². The van der Waals surface area contributed by atoms with E-state index in [-0.39, 0.29) is 18.1 Å². The van der Waals surface area contributed by atoms with E-state index in [1.165, 1.54) is 11.9 Å². The van der Waals surface area contributed by atoms with Gasteiger partial charge in [0.05, 0.1) is 6.10 Å². The summed E-state index contributed by atoms with van der Waals surface area (Å²) in [5.41, 5.74) is 2.66. The highest BCUT2D eigenvalue weighted by atomic mass is 16.3. The number of aromatic nitrogens is 4. The second-order valence-corrected chi connectivity index (χ2v) is 6.41. The number of nitrogens with zero attached hydrogens (tertiary/aromatic N) is 3. The molecule has 6 nitrogen and oxygen atoms in total. The standard InChI is InChI=1S/C18H20N5O/c1-11-7-13(9-14(11)24)21-17-16-18(20-10-19-17)23-15(22-16)8-12-5-3-2-4-6-12/h2-6,10-11,13-14,24H,1,7-9H2,(H2,19,20,21,22,23)/t11-,13+,14-/m0/s1. The largest absolute Gasteiger partial charge is 0.393 e. The number of aliphatic hydroxyl groups is 1. The number of nitrogens with one attached hydrogen (secondary N) is 2. The molecule has 3 atom stereocenters. The number of hydrogen-bond acceptors (Lipinski definition) is 5. The van der Waals surface area contributed by atoms with E-state index in [0.717, 1.165) is 29.8 Å². The van der Waals surface area contributed by atoms with E-state index in [1.807, 2.05) is 18.2 Å². The number of fused-ring (bicyclic) bond motifs is 1. The third-order valence-electron chi connectivity index (χ3n) is 4.54. The molecule has 3 N–H and O–H groups in total. The van der Waals surface area contributed by atoms with Gasteiger partial charge in [0.2, 0.25) is 0 Å². The van der Waals surface area contributed by atoms with Gasteiger partial charge in [-0.05, 0) is 31.2 Å². The van der Waals surface area contributed by atoms with Gasteiger partial charge < -0.3 is 15.4 Å². The van der Waals surface area contributed by atoms with Gasteiger partial charge in [0, 0.05) is 12.5 Å². The Morgan fingerprint density at radius 3 is 2.79 bits per heavy atom. The molecule has 1 aliphatic carbocycles. The lowest BCUT2D eigenvalue weighted by Gasteiger charge is -2.12. The normalized spacial score (nSPS) is 23.7. The number of imidazole rings is 1. The molecule has 0 aliphatic heterocycles. The zero-order valence-electron chi connectivity index (χ0n) is 13.3. The van der Waals surface area contributed by atoms with E-state index < -0.39 is 0 Å². The van der Waals surface area contributed by atoms with Gasteiger partial charge in [-0.15, -0.1) is 0 Å². The minimum absolute atomic E-state index is 0.0626. The average molecular weight is 322 g/mol. The third kappa shape index (κ3) is 2.97. The van der Waals surface area contributed by atoms with Crippen molar-refractivity contribution >= 4 is 17.0 Å². The van der Waals surface area contributed by atoms with Crippen molar-refractivity contribution in [1.29, 1.82) is 0 Å². The molecule has 0 amide bonds. The molecule has 1 fully saturated rings. The molecule has 0 saturated heterocycles. The number of benzene rings is 1. The SMILES string of the molecule is [CH2][C@H]1C[C@@H](Nc2ncnc3[nH]c(Cc4ccccc4)nc23)C[C@@H]1O. The van der Waals surface area contributed by atoms with Gasteiger partial charge in [-0.25, -0.2) is 15.0 Å². The molecule has 1 radical (unpaired) electrons. The predicted molar refractivity (Wildman–Crippen MR) is 92.4 cm³/mol. The lowest BCUT2D eigenvalue weighted by atomic mass is 10.1. The van der Waals surface area contributed by atoms with Crippen LogP contribution in [0.4, 0.5) is 5.82 Å². The van der Waals surface area contributed by atoms with E-state index in [4.69, 9.17) is 0 Å². The summed E-state index contributed by atoms with van der Waals surface area (Å²) >= 11 is 0. The Morgan fingerprint density at radius 2 is 2.04 bits per heavy atom. The van der Waals surface area contributed by atoms with Crippen LogP contribution in [0, 0.1) is 12.8 Å². The molecule has 2 heterocycles. The first kappa shape index (κ1) is 15.1. The van der Waals surface area contributed by atoms with Crippen LogP contribution in [0.5, 0.6) is 0 Å². The minimum Gasteiger partial charge on any atom is -0.393 e. The number of aromatic amines is 1. The summed E-state index contributed by atoms with van der Waals surface area (Å²) < 4.78 is 0. The van der Waals surface area contributed by atoms with E-state index >= 15 is 0 Å². The summed E-state index contributed by atoms with van der Waals surface area (Å²) in [5.74, 6) is 1.63. The van der Waals surface area contributed by atoms with Crippen molar-refractivity contribution in [2.45, 2.75) is 31.4 Å². The highest BCUT2D eigenvalue weighted by molar-refractivity contribution is 5.82. The summed E-state index contributed by atoms with van der Waals surface area (Å²) in [4.78, 5) is 16.5. The van der Waals surface area contributed by atoms with Crippen molar-refractivity contribution in [3.05, 3.63) is 55.0 Å². The molecule has 1 saturated carbocycles. The summed E-state index contributed by atoms with van der Waals surface area (Å²) in [6.45, 7) is 3.98. The monoisotopic (exact) mass is 322 g/mol. The maximum atomic E-state index is 9.87. The Balaban J connectivity index is 1.58. The van der Waals surface area contributed by atoms with E-state index in [2.05, 4.69) is 44.3 Å². The molecule has 2 aromatic heterocycles. The lowest BCUT2D eigenvalue weighted by molar-refractivity contribution is 0.151. The Bertz CT molecular complexity index is 822. The van der Waals surface area contributed by atoms with Gasteiger partial charge in [0.25, 0.3) is 0 Å². The average Bonchev–Trinajstić information content (AvgIpc) is 3.12. The van der Waals surface area contributed by atoms with Crippen molar-refractivity contribution in [2.24, 2.45) is 5.92 Å². The first-order chi connectivity index (χ1) is 11.7. The van der Waals surface area contributed by atoms with Crippen molar-refractivity contribution in [3.8, 4) is 0 Å². The summed E-state index contributed by atoms with van der Waals surface area (Å²) in [6, 6.07) is 10.4. The fraction of sp³-hybridized carbons (Fsp3) is 0.333. The number of rotatable bonds is 4. The quantitative estimate of drug-likeness (QED) is 0.686. The van der Waals surface area contributed by atoms with Crippen LogP contribution in [-0.2, 0) is 6.42 Å². The number of hydrogen-bond donors (Lipinski definition) is 3. The molecule has 3 aromatic rings. The topological polar surface area (TPSA) is 86.7 Å². The van der Waals surface area contributed by atoms with Gasteiger partial charge in [-0.3, -0.25) is 0 Å². The number of H-pyrrole nitrogens is 1. The van der Waals surface area contributed by atoms with Gasteiger partial charge in [0.1, 0.15) is 12.2 Å². The van der Waals surface area contributed by atoms with Crippen LogP contribution in [-0.4, -0.2) is 37.2 Å². The zero-order valence-corrected chi connectivity index (χ0v) is 13.3. The third-order valence-corrected chi connectivity index (χ3v) is 4.54. The maximum absolute atomic E-state index is 9.87. The van der Waals surface area contributed by atoms with Crippen LogP contribution in [0.1, 0.15) is 24.2 Å². The van der Waals surface area contributed by atoms with Crippen LogP contribution in [0.2, 0.25) is 0 Å². The van der Waals surface area contributed by atoms with Crippen LogP contribution in [0.25, 0.3) is 11.2 Å². The first-order valence-electron chi connectivity index (χ1n) is 8.20. The first-order valence-corrected chi connectivity index (χ1v) is 8.20. The molecule has 0 unspecified atom stereocenters. The summed E-state index contributed by atoms with van der Waals surface area (Å²) in [7, 11) is 0. The molecule has 123 valence electrons. The maximum Gasteiger partial charge on any atom is 0.163 e. The Labute approximate surface area is 140 Å². The van der Waals surface area contributed by atoms with E-state index in [0.29, 0.717) is 12.2 Å². The van der Waals surface area contributed by atoms with Crippen molar-refractivity contribution in [3.63, 3.8) is 0 Å².